The highest BCUT2D eigenvalue weighted by Crippen LogP contribution is 2.03. The second-order valence-electron chi connectivity index (χ2n) is 4.32. The van der Waals surface area contributed by atoms with Gasteiger partial charge in [0.05, 0.1) is 16.5 Å². The van der Waals surface area contributed by atoms with Crippen molar-refractivity contribution in [1.29, 1.82) is 0 Å². The SMILES string of the molecule is O=C(On1c(=O)[nH]c2ccccc2c1=O)c1ccccc1. The molecule has 3 aromatic rings. The number of para-hydroxylation sites is 1. The Morgan fingerprint density at radius 3 is 2.38 bits per heavy atom. The predicted molar refractivity (Wildman–Crippen MR) is 76.2 cm³/mol. The Kier molecular flexibility index (Phi) is 3.12. The van der Waals surface area contributed by atoms with Gasteiger partial charge in [-0.15, -0.1) is 0 Å². The van der Waals surface area contributed by atoms with Crippen LogP contribution < -0.4 is 16.1 Å². The van der Waals surface area contributed by atoms with Gasteiger partial charge in [0, 0.05) is 0 Å². The number of fused-ring (bicyclic) bond motifs is 1. The fourth-order valence-corrected chi connectivity index (χ4v) is 1.94. The highest BCUT2D eigenvalue weighted by Gasteiger charge is 2.13. The third-order valence-electron chi connectivity index (χ3n) is 2.95. The zero-order chi connectivity index (χ0) is 14.8. The van der Waals surface area contributed by atoms with Crippen molar-refractivity contribution in [2.75, 3.05) is 0 Å². The quantitative estimate of drug-likeness (QED) is 0.759. The highest BCUT2D eigenvalue weighted by molar-refractivity contribution is 5.89. The van der Waals surface area contributed by atoms with E-state index in [1.54, 1.807) is 42.5 Å². The molecule has 3 rings (SSSR count). The number of aromatic amines is 1. The van der Waals surface area contributed by atoms with Gasteiger partial charge < -0.3 is 9.82 Å². The molecule has 1 N–H and O–H groups in total. The number of carbonyl (C=O) groups excluding carboxylic acids is 1. The first kappa shape index (κ1) is 12.9. The summed E-state index contributed by atoms with van der Waals surface area (Å²) >= 11 is 0. The molecular formula is C15H10N2O4. The molecule has 0 aliphatic rings. The summed E-state index contributed by atoms with van der Waals surface area (Å²) in [5, 5.41) is 0.262. The lowest BCUT2D eigenvalue weighted by Gasteiger charge is -2.06. The van der Waals surface area contributed by atoms with Gasteiger partial charge in [0.1, 0.15) is 0 Å². The minimum atomic E-state index is -0.803. The van der Waals surface area contributed by atoms with Crippen molar-refractivity contribution in [3.63, 3.8) is 0 Å². The molecule has 0 spiro atoms. The summed E-state index contributed by atoms with van der Waals surface area (Å²) in [6.07, 6.45) is 0. The molecule has 0 atom stereocenters. The van der Waals surface area contributed by atoms with E-state index in [1.165, 1.54) is 12.1 Å². The van der Waals surface area contributed by atoms with Gasteiger partial charge in [-0.3, -0.25) is 4.79 Å². The van der Waals surface area contributed by atoms with Crippen LogP contribution in [0.15, 0.2) is 64.2 Å². The molecule has 1 aromatic heterocycles. The number of H-pyrrole nitrogens is 1. The lowest BCUT2D eigenvalue weighted by Crippen LogP contribution is -2.41. The first-order chi connectivity index (χ1) is 10.2. The molecule has 1 heterocycles. The largest absolute Gasteiger partial charge is 0.364 e. The van der Waals surface area contributed by atoms with Crippen LogP contribution in [-0.4, -0.2) is 15.7 Å². The van der Waals surface area contributed by atoms with E-state index in [1.807, 2.05) is 0 Å². The van der Waals surface area contributed by atoms with Crippen LogP contribution in [0, 0.1) is 0 Å². The molecule has 0 saturated heterocycles. The molecule has 2 aromatic carbocycles. The molecule has 0 aliphatic carbocycles. The van der Waals surface area contributed by atoms with Crippen molar-refractivity contribution in [3.05, 3.63) is 81.0 Å². The summed E-state index contributed by atoms with van der Waals surface area (Å²) < 4.78 is 0.428. The summed E-state index contributed by atoms with van der Waals surface area (Å²) in [5.74, 6) is -0.779. The van der Waals surface area contributed by atoms with Gasteiger partial charge in [-0.25, -0.2) is 9.59 Å². The van der Waals surface area contributed by atoms with Gasteiger partial charge in [0.25, 0.3) is 5.56 Å². The van der Waals surface area contributed by atoms with Gasteiger partial charge in [-0.05, 0) is 24.3 Å². The molecular weight excluding hydrogens is 272 g/mol. The van der Waals surface area contributed by atoms with Crippen LogP contribution in [0.3, 0.4) is 0 Å². The summed E-state index contributed by atoms with van der Waals surface area (Å²) in [7, 11) is 0. The van der Waals surface area contributed by atoms with Crippen LogP contribution in [0.25, 0.3) is 10.9 Å². The first-order valence-electron chi connectivity index (χ1n) is 6.18. The fraction of sp³-hybridized carbons (Fsp3) is 0. The van der Waals surface area contributed by atoms with E-state index in [2.05, 4.69) is 4.98 Å². The number of aromatic nitrogens is 2. The Morgan fingerprint density at radius 1 is 0.952 bits per heavy atom. The van der Waals surface area contributed by atoms with Gasteiger partial charge in [0.15, 0.2) is 0 Å². The molecule has 0 radical (unpaired) electrons. The second kappa shape index (κ2) is 5.09. The molecule has 6 nitrogen and oxygen atoms in total. The van der Waals surface area contributed by atoms with Gasteiger partial charge in [-0.1, -0.05) is 35.1 Å². The third kappa shape index (κ3) is 2.34. The highest BCUT2D eigenvalue weighted by atomic mass is 16.7. The maximum absolute atomic E-state index is 12.2. The lowest BCUT2D eigenvalue weighted by atomic mass is 10.2. The number of carbonyl (C=O) groups is 1. The van der Waals surface area contributed by atoms with Crippen LogP contribution in [0.1, 0.15) is 10.4 Å². The summed E-state index contributed by atoms with van der Waals surface area (Å²) in [5.41, 5.74) is -0.849. The average Bonchev–Trinajstić information content (AvgIpc) is 2.52. The normalized spacial score (nSPS) is 10.5. The molecule has 0 saturated carbocycles. The van der Waals surface area contributed by atoms with Crippen molar-refractivity contribution in [1.82, 2.24) is 9.71 Å². The number of hydrogen-bond donors (Lipinski definition) is 1. The van der Waals surface area contributed by atoms with Crippen LogP contribution in [0.2, 0.25) is 0 Å². The van der Waals surface area contributed by atoms with Crippen molar-refractivity contribution in [3.8, 4) is 0 Å². The predicted octanol–water partition coefficient (Wildman–Crippen LogP) is 0.959. The van der Waals surface area contributed by atoms with Crippen LogP contribution in [-0.2, 0) is 0 Å². The molecule has 0 amide bonds. The number of hydrogen-bond acceptors (Lipinski definition) is 4. The summed E-state index contributed by atoms with van der Waals surface area (Å²) in [6.45, 7) is 0. The van der Waals surface area contributed by atoms with E-state index in [-0.39, 0.29) is 10.9 Å². The zero-order valence-corrected chi connectivity index (χ0v) is 10.8. The van der Waals surface area contributed by atoms with E-state index in [0.717, 1.165) is 0 Å². The van der Waals surface area contributed by atoms with Gasteiger partial charge >= 0.3 is 11.7 Å². The van der Waals surface area contributed by atoms with Crippen molar-refractivity contribution >= 4 is 16.9 Å². The smallest absolute Gasteiger partial charge is 0.323 e. The maximum atomic E-state index is 12.2. The second-order valence-corrected chi connectivity index (χ2v) is 4.32. The van der Waals surface area contributed by atoms with Gasteiger partial charge in [0.2, 0.25) is 0 Å². The minimum Gasteiger partial charge on any atom is -0.323 e. The molecule has 0 aliphatic heterocycles. The topological polar surface area (TPSA) is 81.2 Å². The van der Waals surface area contributed by atoms with Crippen molar-refractivity contribution in [2.45, 2.75) is 0 Å². The number of nitrogens with one attached hydrogen (secondary N) is 1. The number of nitrogens with zero attached hydrogens (tertiary/aromatic N) is 1. The standard InChI is InChI=1S/C15H10N2O4/c18-13-11-8-4-5-9-12(11)16-15(20)17(13)21-14(19)10-6-2-1-3-7-10/h1-9H,(H,16,20). The van der Waals surface area contributed by atoms with E-state index in [9.17, 15) is 14.4 Å². The first-order valence-corrected chi connectivity index (χ1v) is 6.18. The number of benzene rings is 2. The van der Waals surface area contributed by atoms with E-state index in [4.69, 9.17) is 4.84 Å². The molecule has 6 heteroatoms. The van der Waals surface area contributed by atoms with Crippen LogP contribution in [0.5, 0.6) is 0 Å². The van der Waals surface area contributed by atoms with E-state index in [0.29, 0.717) is 10.2 Å². The third-order valence-corrected chi connectivity index (χ3v) is 2.95. The van der Waals surface area contributed by atoms with Crippen LogP contribution >= 0.6 is 0 Å². The monoisotopic (exact) mass is 282 g/mol. The Balaban J connectivity index is 2.08. The average molecular weight is 282 g/mol. The van der Waals surface area contributed by atoms with Crippen LogP contribution in [0.4, 0.5) is 0 Å². The molecule has 21 heavy (non-hydrogen) atoms. The Hall–Kier alpha value is -3.15. The molecule has 0 unspecified atom stereocenters. The Bertz CT molecular complexity index is 926. The molecule has 104 valence electrons. The zero-order valence-electron chi connectivity index (χ0n) is 10.8. The summed E-state index contributed by atoms with van der Waals surface area (Å²) in [6, 6.07) is 14.6. The summed E-state index contributed by atoms with van der Waals surface area (Å²) in [4.78, 5) is 43.3. The maximum Gasteiger partial charge on any atom is 0.364 e. The Labute approximate surface area is 118 Å². The van der Waals surface area contributed by atoms with E-state index < -0.39 is 17.2 Å². The lowest BCUT2D eigenvalue weighted by molar-refractivity contribution is 0.0421. The fourth-order valence-electron chi connectivity index (χ4n) is 1.94. The molecule has 0 bridgehead atoms. The number of rotatable bonds is 2. The van der Waals surface area contributed by atoms with Crippen molar-refractivity contribution in [2.24, 2.45) is 0 Å². The van der Waals surface area contributed by atoms with Gasteiger partial charge in [-0.2, -0.15) is 0 Å². The molecule has 0 fully saturated rings. The Morgan fingerprint density at radius 2 is 1.62 bits per heavy atom. The van der Waals surface area contributed by atoms with E-state index >= 15 is 0 Å². The van der Waals surface area contributed by atoms with Crippen molar-refractivity contribution < 1.29 is 9.63 Å². The minimum absolute atomic E-state index is 0.247.